The molecule has 1 unspecified atom stereocenters. The molecule has 0 radical (unpaired) electrons. The lowest BCUT2D eigenvalue weighted by Crippen LogP contribution is -2.45. The molecule has 1 aromatic rings. The van der Waals surface area contributed by atoms with Crippen LogP contribution >= 0.6 is 15.9 Å². The van der Waals surface area contributed by atoms with E-state index in [4.69, 9.17) is 0 Å². The molecule has 112 valence electrons. The maximum atomic E-state index is 3.89. The van der Waals surface area contributed by atoms with E-state index in [1.165, 1.54) is 55.0 Å². The Morgan fingerprint density at radius 3 is 2.55 bits per heavy atom. The number of hydrogen-bond acceptors (Lipinski definition) is 1. The molecule has 0 spiro atoms. The maximum Gasteiger partial charge on any atom is 0.0210 e. The van der Waals surface area contributed by atoms with Crippen LogP contribution in [0, 0.1) is 0 Å². The zero-order valence-electron chi connectivity index (χ0n) is 12.9. The molecule has 0 aliphatic heterocycles. The molecule has 1 atom stereocenters. The van der Waals surface area contributed by atoms with Crippen molar-refractivity contribution in [3.63, 3.8) is 0 Å². The van der Waals surface area contributed by atoms with Gasteiger partial charge in [-0.2, -0.15) is 0 Å². The first kappa shape index (κ1) is 16.0. The van der Waals surface area contributed by atoms with Crippen LogP contribution in [0.2, 0.25) is 0 Å². The van der Waals surface area contributed by atoms with E-state index in [-0.39, 0.29) is 0 Å². The topological polar surface area (TPSA) is 12.0 Å². The largest absolute Gasteiger partial charge is 0.311 e. The summed E-state index contributed by atoms with van der Waals surface area (Å²) in [5.74, 6) is 0.747. The average molecular weight is 338 g/mol. The highest BCUT2D eigenvalue weighted by Crippen LogP contribution is 2.40. The fraction of sp³-hybridized carbons (Fsp3) is 0.667. The zero-order chi connectivity index (χ0) is 14.4. The van der Waals surface area contributed by atoms with Crippen molar-refractivity contribution in [3.05, 3.63) is 34.3 Å². The Morgan fingerprint density at radius 2 is 1.90 bits per heavy atom. The standard InChI is InChI=1S/C18H28BrN/c1-3-5-9-15(8-4-2)20-16-12-14(13-16)17-10-6-7-11-18(17)19/h6-7,10-11,14-16,20H,3-5,8-9,12-13H2,1-2H3. The van der Waals surface area contributed by atoms with Gasteiger partial charge < -0.3 is 5.32 Å². The van der Waals surface area contributed by atoms with E-state index in [1.54, 1.807) is 0 Å². The first-order valence-corrected chi connectivity index (χ1v) is 9.04. The second kappa shape index (κ2) is 8.19. The van der Waals surface area contributed by atoms with Gasteiger partial charge in [-0.05, 0) is 43.2 Å². The third-order valence-corrected chi connectivity index (χ3v) is 5.22. The molecule has 2 heteroatoms. The summed E-state index contributed by atoms with van der Waals surface area (Å²) >= 11 is 3.68. The Morgan fingerprint density at radius 1 is 1.15 bits per heavy atom. The molecule has 1 aliphatic carbocycles. The van der Waals surface area contributed by atoms with Gasteiger partial charge in [-0.1, -0.05) is 67.2 Å². The van der Waals surface area contributed by atoms with Crippen molar-refractivity contribution >= 4 is 15.9 Å². The molecule has 1 fully saturated rings. The summed E-state index contributed by atoms with van der Waals surface area (Å²) in [5, 5.41) is 3.89. The van der Waals surface area contributed by atoms with Crippen molar-refractivity contribution in [2.75, 3.05) is 0 Å². The summed E-state index contributed by atoms with van der Waals surface area (Å²) < 4.78 is 1.28. The van der Waals surface area contributed by atoms with Crippen LogP contribution in [0.5, 0.6) is 0 Å². The molecule has 0 saturated heterocycles. The first-order valence-electron chi connectivity index (χ1n) is 8.25. The molecular formula is C18H28BrN. The van der Waals surface area contributed by atoms with E-state index in [9.17, 15) is 0 Å². The second-order valence-corrected chi connectivity index (χ2v) is 7.04. The van der Waals surface area contributed by atoms with Crippen molar-refractivity contribution in [2.24, 2.45) is 0 Å². The SMILES string of the molecule is CCCCC(CCC)NC1CC(c2ccccc2Br)C1. The lowest BCUT2D eigenvalue weighted by molar-refractivity contribution is 0.250. The molecule has 2 rings (SSSR count). The van der Waals surface area contributed by atoms with Crippen molar-refractivity contribution in [1.29, 1.82) is 0 Å². The first-order chi connectivity index (χ1) is 9.74. The second-order valence-electron chi connectivity index (χ2n) is 6.18. The molecule has 20 heavy (non-hydrogen) atoms. The van der Waals surface area contributed by atoms with Crippen molar-refractivity contribution < 1.29 is 0 Å². The van der Waals surface area contributed by atoms with Crippen LogP contribution in [-0.4, -0.2) is 12.1 Å². The van der Waals surface area contributed by atoms with Gasteiger partial charge in [0, 0.05) is 16.6 Å². The van der Waals surface area contributed by atoms with Crippen molar-refractivity contribution in [2.45, 2.75) is 76.8 Å². The van der Waals surface area contributed by atoms with E-state index in [0.29, 0.717) is 0 Å². The molecule has 1 aromatic carbocycles. The predicted molar refractivity (Wildman–Crippen MR) is 91.3 cm³/mol. The molecule has 1 saturated carbocycles. The summed E-state index contributed by atoms with van der Waals surface area (Å²) in [6, 6.07) is 10.2. The monoisotopic (exact) mass is 337 g/mol. The number of halogens is 1. The van der Waals surface area contributed by atoms with E-state index in [2.05, 4.69) is 59.4 Å². The van der Waals surface area contributed by atoms with E-state index >= 15 is 0 Å². The normalized spacial score (nSPS) is 23.4. The molecule has 0 aromatic heterocycles. The Bertz CT molecular complexity index is 398. The van der Waals surface area contributed by atoms with E-state index < -0.39 is 0 Å². The van der Waals surface area contributed by atoms with Gasteiger partial charge >= 0.3 is 0 Å². The maximum absolute atomic E-state index is 3.89. The fourth-order valence-corrected chi connectivity index (χ4v) is 3.87. The Hall–Kier alpha value is -0.340. The van der Waals surface area contributed by atoms with Crippen molar-refractivity contribution in [1.82, 2.24) is 5.32 Å². The molecule has 0 amide bonds. The predicted octanol–water partition coefficient (Wildman–Crippen LogP) is 5.64. The Balaban J connectivity index is 1.79. The van der Waals surface area contributed by atoms with Gasteiger partial charge in [0.05, 0.1) is 0 Å². The van der Waals surface area contributed by atoms with Gasteiger partial charge in [0.25, 0.3) is 0 Å². The number of hydrogen-bond donors (Lipinski definition) is 1. The lowest BCUT2D eigenvalue weighted by atomic mass is 9.75. The highest BCUT2D eigenvalue weighted by molar-refractivity contribution is 9.10. The van der Waals surface area contributed by atoms with E-state index in [0.717, 1.165) is 18.0 Å². The van der Waals surface area contributed by atoms with Crippen molar-refractivity contribution in [3.8, 4) is 0 Å². The third kappa shape index (κ3) is 4.33. The molecule has 1 aliphatic rings. The van der Waals surface area contributed by atoms with Crippen LogP contribution in [0.3, 0.4) is 0 Å². The number of benzene rings is 1. The van der Waals surface area contributed by atoms with Gasteiger partial charge in [-0.15, -0.1) is 0 Å². The van der Waals surface area contributed by atoms with Crippen LogP contribution in [0.4, 0.5) is 0 Å². The number of nitrogens with one attached hydrogen (secondary N) is 1. The quantitative estimate of drug-likeness (QED) is 0.646. The van der Waals surface area contributed by atoms with Gasteiger partial charge in [0.1, 0.15) is 0 Å². The number of rotatable bonds is 8. The van der Waals surface area contributed by atoms with Gasteiger partial charge in [-0.25, -0.2) is 0 Å². The zero-order valence-corrected chi connectivity index (χ0v) is 14.5. The van der Waals surface area contributed by atoms with Gasteiger partial charge in [-0.3, -0.25) is 0 Å². The Kier molecular flexibility index (Phi) is 6.57. The van der Waals surface area contributed by atoms with Crippen LogP contribution in [0.25, 0.3) is 0 Å². The highest BCUT2D eigenvalue weighted by atomic mass is 79.9. The average Bonchev–Trinajstić information content (AvgIpc) is 2.40. The molecule has 0 heterocycles. The van der Waals surface area contributed by atoms with Crippen LogP contribution in [0.15, 0.2) is 28.7 Å². The molecule has 0 bridgehead atoms. The van der Waals surface area contributed by atoms with Crippen LogP contribution < -0.4 is 5.32 Å². The third-order valence-electron chi connectivity index (χ3n) is 4.50. The number of unbranched alkanes of at least 4 members (excludes halogenated alkanes) is 1. The van der Waals surface area contributed by atoms with E-state index in [1.807, 2.05) is 0 Å². The smallest absolute Gasteiger partial charge is 0.0210 e. The Labute approximate surface area is 132 Å². The minimum Gasteiger partial charge on any atom is -0.311 e. The fourth-order valence-electron chi connectivity index (χ4n) is 3.26. The van der Waals surface area contributed by atoms with Gasteiger partial charge in [0.2, 0.25) is 0 Å². The van der Waals surface area contributed by atoms with Crippen LogP contribution in [0.1, 0.15) is 70.3 Å². The van der Waals surface area contributed by atoms with Gasteiger partial charge in [0.15, 0.2) is 0 Å². The van der Waals surface area contributed by atoms with Crippen LogP contribution in [-0.2, 0) is 0 Å². The summed E-state index contributed by atoms with van der Waals surface area (Å²) in [4.78, 5) is 0. The minimum absolute atomic E-state index is 0.737. The summed E-state index contributed by atoms with van der Waals surface area (Å²) in [7, 11) is 0. The summed E-state index contributed by atoms with van der Waals surface area (Å²) in [5.41, 5.74) is 1.49. The molecular weight excluding hydrogens is 310 g/mol. The highest BCUT2D eigenvalue weighted by Gasteiger charge is 2.32. The summed E-state index contributed by atoms with van der Waals surface area (Å²) in [6.07, 6.45) is 9.24. The molecule has 1 nitrogen and oxygen atoms in total. The lowest BCUT2D eigenvalue weighted by Gasteiger charge is -2.39. The summed E-state index contributed by atoms with van der Waals surface area (Å²) in [6.45, 7) is 4.58. The molecule has 1 N–H and O–H groups in total. The minimum atomic E-state index is 0.737.